The summed E-state index contributed by atoms with van der Waals surface area (Å²) in [6.07, 6.45) is 2.74. The lowest BCUT2D eigenvalue weighted by molar-refractivity contribution is -0.128. The molecule has 2 aromatic carbocycles. The summed E-state index contributed by atoms with van der Waals surface area (Å²) in [4.78, 5) is 34.9. The predicted molar refractivity (Wildman–Crippen MR) is 102 cm³/mol. The molecule has 8 heteroatoms. The van der Waals surface area contributed by atoms with Gasteiger partial charge in [0.25, 0.3) is 5.91 Å². The van der Waals surface area contributed by atoms with Gasteiger partial charge in [-0.1, -0.05) is 29.3 Å². The van der Waals surface area contributed by atoms with E-state index >= 15 is 0 Å². The molecule has 6 nitrogen and oxygen atoms in total. The SMILES string of the molecule is NC(=O)c1cc2ccc(OC(=O)/C=C/c3ccc(Cl)c(Cl)c3)cc2oc1=O. The highest BCUT2D eigenvalue weighted by atomic mass is 35.5. The van der Waals surface area contributed by atoms with Gasteiger partial charge in [0.05, 0.1) is 10.0 Å². The van der Waals surface area contributed by atoms with Crippen molar-refractivity contribution in [2.45, 2.75) is 0 Å². The highest BCUT2D eigenvalue weighted by molar-refractivity contribution is 6.42. The summed E-state index contributed by atoms with van der Waals surface area (Å²) < 4.78 is 10.2. The fourth-order valence-electron chi connectivity index (χ4n) is 2.26. The molecular weight excluding hydrogens is 393 g/mol. The molecular formula is C19H11Cl2NO5. The number of hydrogen-bond donors (Lipinski definition) is 1. The molecule has 136 valence electrons. The molecule has 0 atom stereocenters. The van der Waals surface area contributed by atoms with Crippen LogP contribution in [0.25, 0.3) is 17.0 Å². The van der Waals surface area contributed by atoms with E-state index in [0.717, 1.165) is 0 Å². The molecule has 3 aromatic rings. The third-order valence-corrected chi connectivity index (χ3v) is 4.29. The molecule has 0 bridgehead atoms. The minimum Gasteiger partial charge on any atom is -0.423 e. The number of esters is 1. The summed E-state index contributed by atoms with van der Waals surface area (Å²) in [7, 11) is 0. The first-order chi connectivity index (χ1) is 12.8. The van der Waals surface area contributed by atoms with Crippen molar-refractivity contribution in [2.75, 3.05) is 0 Å². The van der Waals surface area contributed by atoms with Crippen molar-refractivity contribution in [1.29, 1.82) is 0 Å². The molecule has 0 saturated carbocycles. The molecule has 0 spiro atoms. The van der Waals surface area contributed by atoms with Crippen LogP contribution in [0.1, 0.15) is 15.9 Å². The number of ether oxygens (including phenoxy) is 1. The van der Waals surface area contributed by atoms with Gasteiger partial charge in [-0.2, -0.15) is 0 Å². The number of fused-ring (bicyclic) bond motifs is 1. The van der Waals surface area contributed by atoms with Crippen LogP contribution >= 0.6 is 23.2 Å². The molecule has 0 aliphatic rings. The largest absolute Gasteiger partial charge is 0.423 e. The molecule has 0 aliphatic carbocycles. The van der Waals surface area contributed by atoms with Crippen LogP contribution in [0.15, 0.2) is 57.8 Å². The second-order valence-corrected chi connectivity index (χ2v) is 6.25. The standard InChI is InChI=1S/C19H11Cl2NO5/c20-14-5-1-10(7-15(14)21)2-6-17(23)26-12-4-3-11-8-13(18(22)24)19(25)27-16(11)9-12/h1-9H,(H2,22,24)/b6-2+. The zero-order valence-corrected chi connectivity index (χ0v) is 15.1. The van der Waals surface area contributed by atoms with Crippen LogP contribution < -0.4 is 16.1 Å². The monoisotopic (exact) mass is 403 g/mol. The minimum atomic E-state index is -0.881. The Morgan fingerprint density at radius 3 is 2.52 bits per heavy atom. The number of halogens is 2. The third-order valence-electron chi connectivity index (χ3n) is 3.55. The van der Waals surface area contributed by atoms with Gasteiger partial charge in [0.15, 0.2) is 0 Å². The number of rotatable bonds is 4. The average molecular weight is 404 g/mol. The first-order valence-electron chi connectivity index (χ1n) is 7.56. The first-order valence-corrected chi connectivity index (χ1v) is 8.32. The summed E-state index contributed by atoms with van der Waals surface area (Å²) in [5.74, 6) is -1.36. The summed E-state index contributed by atoms with van der Waals surface area (Å²) in [6, 6.07) is 10.6. The van der Waals surface area contributed by atoms with Crippen molar-refractivity contribution in [1.82, 2.24) is 0 Å². The number of amides is 1. The summed E-state index contributed by atoms with van der Waals surface area (Å²) in [5.41, 5.74) is 4.82. The Balaban J connectivity index is 1.79. The van der Waals surface area contributed by atoms with E-state index in [2.05, 4.69) is 0 Å². The Morgan fingerprint density at radius 1 is 1.04 bits per heavy atom. The molecule has 27 heavy (non-hydrogen) atoms. The fourth-order valence-corrected chi connectivity index (χ4v) is 2.56. The Morgan fingerprint density at radius 2 is 1.81 bits per heavy atom. The van der Waals surface area contributed by atoms with Crippen LogP contribution in [-0.2, 0) is 4.79 Å². The molecule has 0 fully saturated rings. The van der Waals surface area contributed by atoms with Crippen LogP contribution in [0.3, 0.4) is 0 Å². The van der Waals surface area contributed by atoms with Crippen LogP contribution in [-0.4, -0.2) is 11.9 Å². The summed E-state index contributed by atoms with van der Waals surface area (Å²) >= 11 is 11.7. The minimum absolute atomic E-state index is 0.156. The lowest BCUT2D eigenvalue weighted by Crippen LogP contribution is -2.20. The smallest absolute Gasteiger partial charge is 0.349 e. The Kier molecular flexibility index (Phi) is 5.30. The zero-order chi connectivity index (χ0) is 19.6. The molecule has 3 rings (SSSR count). The number of carbonyl (C=O) groups is 2. The molecule has 1 amide bonds. The van der Waals surface area contributed by atoms with Gasteiger partial charge in [-0.3, -0.25) is 4.79 Å². The van der Waals surface area contributed by atoms with Crippen LogP contribution in [0.4, 0.5) is 0 Å². The maximum Gasteiger partial charge on any atom is 0.349 e. The predicted octanol–water partition coefficient (Wildman–Crippen LogP) is 3.82. The molecule has 0 unspecified atom stereocenters. The van der Waals surface area contributed by atoms with Crippen LogP contribution in [0, 0.1) is 0 Å². The third kappa shape index (κ3) is 4.36. The molecule has 0 radical (unpaired) electrons. The Labute approximate surface area is 162 Å². The topological polar surface area (TPSA) is 99.6 Å². The van der Waals surface area contributed by atoms with Crippen molar-refractivity contribution >= 4 is 52.1 Å². The number of hydrogen-bond acceptors (Lipinski definition) is 5. The van der Waals surface area contributed by atoms with Crippen molar-refractivity contribution in [3.05, 3.63) is 80.1 Å². The van der Waals surface area contributed by atoms with Crippen LogP contribution in [0.2, 0.25) is 10.0 Å². The lowest BCUT2D eigenvalue weighted by Gasteiger charge is -2.04. The number of benzene rings is 2. The fraction of sp³-hybridized carbons (Fsp3) is 0. The van der Waals surface area contributed by atoms with E-state index in [-0.39, 0.29) is 16.9 Å². The number of nitrogens with two attached hydrogens (primary N) is 1. The van der Waals surface area contributed by atoms with Gasteiger partial charge in [0.1, 0.15) is 16.9 Å². The summed E-state index contributed by atoms with van der Waals surface area (Å²) in [6.45, 7) is 0. The van der Waals surface area contributed by atoms with Crippen LogP contribution in [0.5, 0.6) is 5.75 Å². The van der Waals surface area contributed by atoms with Crippen molar-refractivity contribution in [3.8, 4) is 5.75 Å². The second kappa shape index (κ2) is 7.65. The number of carbonyl (C=O) groups excluding carboxylic acids is 2. The van der Waals surface area contributed by atoms with Gasteiger partial charge in [-0.25, -0.2) is 9.59 Å². The zero-order valence-electron chi connectivity index (χ0n) is 13.6. The van der Waals surface area contributed by atoms with E-state index in [1.54, 1.807) is 18.2 Å². The summed E-state index contributed by atoms with van der Waals surface area (Å²) in [5, 5.41) is 1.25. The molecule has 0 aliphatic heterocycles. The first kappa shape index (κ1) is 18.7. The van der Waals surface area contributed by atoms with Gasteiger partial charge in [0.2, 0.25) is 0 Å². The maximum absolute atomic E-state index is 12.0. The molecule has 2 N–H and O–H groups in total. The lowest BCUT2D eigenvalue weighted by atomic mass is 10.2. The molecule has 1 heterocycles. The van der Waals surface area contributed by atoms with E-state index in [1.807, 2.05) is 0 Å². The van der Waals surface area contributed by atoms with E-state index in [0.29, 0.717) is 21.0 Å². The van der Waals surface area contributed by atoms with Gasteiger partial charge < -0.3 is 14.9 Å². The normalized spacial score (nSPS) is 11.0. The van der Waals surface area contributed by atoms with E-state index in [4.69, 9.17) is 38.1 Å². The van der Waals surface area contributed by atoms with E-state index in [9.17, 15) is 14.4 Å². The van der Waals surface area contributed by atoms with Gasteiger partial charge in [-0.05, 0) is 42.0 Å². The quantitative estimate of drug-likeness (QED) is 0.309. The van der Waals surface area contributed by atoms with Crippen molar-refractivity contribution in [3.63, 3.8) is 0 Å². The second-order valence-electron chi connectivity index (χ2n) is 5.44. The maximum atomic E-state index is 12.0. The highest BCUT2D eigenvalue weighted by Crippen LogP contribution is 2.23. The molecule has 1 aromatic heterocycles. The van der Waals surface area contributed by atoms with Gasteiger partial charge in [0, 0.05) is 17.5 Å². The van der Waals surface area contributed by atoms with E-state index in [1.165, 1.54) is 36.4 Å². The molecule has 0 saturated heterocycles. The van der Waals surface area contributed by atoms with Crippen molar-refractivity contribution < 1.29 is 18.7 Å². The van der Waals surface area contributed by atoms with E-state index < -0.39 is 17.5 Å². The average Bonchev–Trinajstić information content (AvgIpc) is 2.62. The highest BCUT2D eigenvalue weighted by Gasteiger charge is 2.11. The van der Waals surface area contributed by atoms with Gasteiger partial charge in [-0.15, -0.1) is 0 Å². The number of primary amides is 1. The van der Waals surface area contributed by atoms with Crippen molar-refractivity contribution in [2.24, 2.45) is 5.73 Å². The van der Waals surface area contributed by atoms with Gasteiger partial charge >= 0.3 is 11.6 Å². The Hall–Kier alpha value is -3.09. The Bertz CT molecular complexity index is 1150.